The maximum absolute atomic E-state index is 12.4. The van der Waals surface area contributed by atoms with Crippen LogP contribution in [0.3, 0.4) is 0 Å². The van der Waals surface area contributed by atoms with Gasteiger partial charge in [-0.25, -0.2) is 0 Å². The summed E-state index contributed by atoms with van der Waals surface area (Å²) in [5.41, 5.74) is 1.74. The van der Waals surface area contributed by atoms with Crippen molar-refractivity contribution in [2.45, 2.75) is 46.6 Å². The van der Waals surface area contributed by atoms with E-state index in [0.29, 0.717) is 0 Å². The molecular weight excluding hydrogens is 224 g/mol. The molecule has 0 aliphatic carbocycles. The molecule has 1 unspecified atom stereocenters. The van der Waals surface area contributed by atoms with E-state index in [1.165, 1.54) is 0 Å². The molecule has 0 N–H and O–H groups in total. The average Bonchev–Trinajstić information content (AvgIpc) is 2.75. The second-order valence-corrected chi connectivity index (χ2v) is 6.11. The third kappa shape index (κ3) is 2.55. The first-order valence-corrected chi connectivity index (χ1v) is 6.64. The molecule has 0 spiro atoms. The third-order valence-electron chi connectivity index (χ3n) is 3.41. The fourth-order valence-corrected chi connectivity index (χ4v) is 2.50. The lowest BCUT2D eigenvalue weighted by Crippen LogP contribution is -2.39. The molecule has 2 heterocycles. The molecule has 1 aromatic rings. The summed E-state index contributed by atoms with van der Waals surface area (Å²) < 4.78 is 0. The van der Waals surface area contributed by atoms with Crippen LogP contribution in [-0.4, -0.2) is 22.3 Å². The normalized spacial score (nSPS) is 20.2. The van der Waals surface area contributed by atoms with Crippen LogP contribution in [0.4, 0.5) is 0 Å². The van der Waals surface area contributed by atoms with E-state index in [1.807, 2.05) is 50.8 Å². The number of amides is 1. The molecule has 1 atom stereocenters. The Morgan fingerprint density at radius 1 is 1.39 bits per heavy atom. The van der Waals surface area contributed by atoms with Crippen molar-refractivity contribution in [2.24, 2.45) is 5.41 Å². The molecular formula is C15H22N2O. The number of rotatable bonds is 1. The monoisotopic (exact) mass is 246 g/mol. The number of pyridine rings is 1. The maximum atomic E-state index is 12.4. The highest BCUT2D eigenvalue weighted by molar-refractivity contribution is 5.82. The number of carbonyl (C=O) groups is 1. The van der Waals surface area contributed by atoms with Gasteiger partial charge in [-0.05, 0) is 31.9 Å². The van der Waals surface area contributed by atoms with Gasteiger partial charge in [0.2, 0.25) is 5.91 Å². The lowest BCUT2D eigenvalue weighted by atomic mass is 9.94. The number of likely N-dealkylation sites (tertiary alicyclic amines) is 1. The predicted octanol–water partition coefficient (Wildman–Crippen LogP) is 3.10. The molecule has 3 heteroatoms. The Labute approximate surface area is 109 Å². The van der Waals surface area contributed by atoms with Crippen LogP contribution >= 0.6 is 0 Å². The molecule has 2 rings (SSSR count). The van der Waals surface area contributed by atoms with Crippen molar-refractivity contribution < 1.29 is 4.79 Å². The lowest BCUT2D eigenvalue weighted by Gasteiger charge is -2.30. The van der Waals surface area contributed by atoms with Crippen LogP contribution in [0, 0.1) is 12.3 Å². The van der Waals surface area contributed by atoms with Crippen LogP contribution in [0.2, 0.25) is 0 Å². The summed E-state index contributed by atoms with van der Waals surface area (Å²) in [4.78, 5) is 19.0. The topological polar surface area (TPSA) is 33.2 Å². The highest BCUT2D eigenvalue weighted by Gasteiger charge is 2.36. The number of nitrogens with zero attached hydrogens (tertiary/aromatic N) is 2. The van der Waals surface area contributed by atoms with Crippen molar-refractivity contribution >= 4 is 5.91 Å². The number of hydrogen-bond donors (Lipinski definition) is 0. The van der Waals surface area contributed by atoms with E-state index in [4.69, 9.17) is 0 Å². The highest BCUT2D eigenvalue weighted by Crippen LogP contribution is 2.34. The molecule has 1 saturated heterocycles. The van der Waals surface area contributed by atoms with Crippen molar-refractivity contribution in [1.82, 2.24) is 9.88 Å². The zero-order valence-corrected chi connectivity index (χ0v) is 11.7. The Hall–Kier alpha value is -1.38. The molecule has 1 aliphatic rings. The second kappa shape index (κ2) is 4.71. The minimum Gasteiger partial charge on any atom is -0.334 e. The van der Waals surface area contributed by atoms with E-state index in [0.717, 1.165) is 30.8 Å². The first kappa shape index (κ1) is 13.1. The largest absolute Gasteiger partial charge is 0.334 e. The molecule has 0 saturated carbocycles. The Balaban J connectivity index is 2.25. The summed E-state index contributed by atoms with van der Waals surface area (Å²) in [6.45, 7) is 8.79. The standard InChI is InChI=1S/C15H22N2O/c1-11-7-5-8-12(16-11)13-9-6-10-17(13)14(18)15(2,3)4/h5,7-8,13H,6,9-10H2,1-4H3. The van der Waals surface area contributed by atoms with Crippen LogP contribution in [0.15, 0.2) is 18.2 Å². The fraction of sp³-hybridized carbons (Fsp3) is 0.600. The van der Waals surface area contributed by atoms with Gasteiger partial charge < -0.3 is 4.90 Å². The lowest BCUT2D eigenvalue weighted by molar-refractivity contribution is -0.140. The molecule has 1 fully saturated rings. The van der Waals surface area contributed by atoms with Crippen LogP contribution in [0.25, 0.3) is 0 Å². The van der Waals surface area contributed by atoms with Gasteiger partial charge in [-0.2, -0.15) is 0 Å². The zero-order chi connectivity index (χ0) is 13.3. The van der Waals surface area contributed by atoms with Crippen molar-refractivity contribution in [2.75, 3.05) is 6.54 Å². The molecule has 1 amide bonds. The van der Waals surface area contributed by atoms with Gasteiger partial charge in [-0.15, -0.1) is 0 Å². The van der Waals surface area contributed by atoms with Crippen LogP contribution in [0.1, 0.15) is 51.0 Å². The van der Waals surface area contributed by atoms with Gasteiger partial charge >= 0.3 is 0 Å². The Morgan fingerprint density at radius 3 is 2.72 bits per heavy atom. The van der Waals surface area contributed by atoms with Gasteiger partial charge in [-0.1, -0.05) is 26.8 Å². The van der Waals surface area contributed by atoms with Crippen molar-refractivity contribution in [1.29, 1.82) is 0 Å². The van der Waals surface area contributed by atoms with E-state index in [1.54, 1.807) is 0 Å². The van der Waals surface area contributed by atoms with Gasteiger partial charge in [0.1, 0.15) is 0 Å². The van der Waals surface area contributed by atoms with Gasteiger partial charge in [0.15, 0.2) is 0 Å². The average molecular weight is 246 g/mol. The summed E-state index contributed by atoms with van der Waals surface area (Å²) in [5.74, 6) is 0.230. The molecule has 0 bridgehead atoms. The summed E-state index contributed by atoms with van der Waals surface area (Å²) in [5, 5.41) is 0. The number of aromatic nitrogens is 1. The quantitative estimate of drug-likeness (QED) is 0.763. The molecule has 0 radical (unpaired) electrons. The third-order valence-corrected chi connectivity index (χ3v) is 3.41. The van der Waals surface area contributed by atoms with Crippen LogP contribution in [-0.2, 0) is 4.79 Å². The first-order valence-electron chi connectivity index (χ1n) is 6.64. The minimum atomic E-state index is -0.313. The van der Waals surface area contributed by atoms with Gasteiger partial charge in [0.25, 0.3) is 0 Å². The molecule has 3 nitrogen and oxygen atoms in total. The van der Waals surface area contributed by atoms with E-state index in [2.05, 4.69) is 4.98 Å². The van der Waals surface area contributed by atoms with E-state index < -0.39 is 0 Å². The number of hydrogen-bond acceptors (Lipinski definition) is 2. The molecule has 98 valence electrons. The van der Waals surface area contributed by atoms with Crippen molar-refractivity contribution in [3.8, 4) is 0 Å². The number of carbonyl (C=O) groups excluding carboxylic acids is 1. The summed E-state index contributed by atoms with van der Waals surface area (Å²) in [6, 6.07) is 6.22. The molecule has 1 aromatic heterocycles. The first-order chi connectivity index (χ1) is 8.39. The number of aryl methyl sites for hydroxylation is 1. The van der Waals surface area contributed by atoms with Gasteiger partial charge in [0.05, 0.1) is 11.7 Å². The summed E-state index contributed by atoms with van der Waals surface area (Å²) in [6.07, 6.45) is 2.10. The van der Waals surface area contributed by atoms with E-state index in [9.17, 15) is 4.79 Å². The Kier molecular flexibility index (Phi) is 3.42. The Morgan fingerprint density at radius 2 is 2.11 bits per heavy atom. The van der Waals surface area contributed by atoms with E-state index >= 15 is 0 Å². The minimum absolute atomic E-state index is 0.164. The molecule has 1 aliphatic heterocycles. The van der Waals surface area contributed by atoms with Crippen molar-refractivity contribution in [3.63, 3.8) is 0 Å². The summed E-state index contributed by atoms with van der Waals surface area (Å²) in [7, 11) is 0. The summed E-state index contributed by atoms with van der Waals surface area (Å²) >= 11 is 0. The maximum Gasteiger partial charge on any atom is 0.228 e. The molecule has 18 heavy (non-hydrogen) atoms. The fourth-order valence-electron chi connectivity index (χ4n) is 2.50. The van der Waals surface area contributed by atoms with Crippen molar-refractivity contribution in [3.05, 3.63) is 29.6 Å². The smallest absolute Gasteiger partial charge is 0.228 e. The zero-order valence-electron chi connectivity index (χ0n) is 11.7. The van der Waals surface area contributed by atoms with Gasteiger partial charge in [0, 0.05) is 17.7 Å². The second-order valence-electron chi connectivity index (χ2n) is 6.11. The van der Waals surface area contributed by atoms with E-state index in [-0.39, 0.29) is 17.4 Å². The van der Waals surface area contributed by atoms with Crippen LogP contribution in [0.5, 0.6) is 0 Å². The SMILES string of the molecule is Cc1cccc(C2CCCN2C(=O)C(C)(C)C)n1. The van der Waals surface area contributed by atoms with Crippen LogP contribution < -0.4 is 0 Å². The highest BCUT2D eigenvalue weighted by atomic mass is 16.2. The van der Waals surface area contributed by atoms with Gasteiger partial charge in [-0.3, -0.25) is 9.78 Å². The molecule has 0 aromatic carbocycles. The Bertz CT molecular complexity index is 448. The predicted molar refractivity (Wildman–Crippen MR) is 72.1 cm³/mol.